The number of nitrogens with two attached hydrogens (primary N) is 2. The number of rotatable bonds is 2. The smallest absolute Gasteiger partial charge is 0.302 e. The zero-order valence-electron chi connectivity index (χ0n) is 8.27. The number of para-hydroxylation sites is 1. The lowest BCUT2D eigenvalue weighted by molar-refractivity contribution is 0.0943. The molecule has 7 heteroatoms. The summed E-state index contributed by atoms with van der Waals surface area (Å²) in [5, 5.41) is 6.36. The van der Waals surface area contributed by atoms with E-state index in [0.29, 0.717) is 17.1 Å². The summed E-state index contributed by atoms with van der Waals surface area (Å²) in [5.74, 6) is 4.84. The Morgan fingerprint density at radius 2 is 2.12 bits per heavy atom. The van der Waals surface area contributed by atoms with Crippen LogP contribution < -0.4 is 17.0 Å². The molecule has 1 aromatic carbocycles. The molecular formula is C9H10N6O. The van der Waals surface area contributed by atoms with Gasteiger partial charge in [-0.3, -0.25) is 15.3 Å². The molecule has 2 aromatic rings. The van der Waals surface area contributed by atoms with E-state index in [1.165, 1.54) is 0 Å². The van der Waals surface area contributed by atoms with Crippen LogP contribution in [-0.2, 0) is 0 Å². The molecule has 0 radical (unpaired) electrons. The number of nitrogens with zero attached hydrogens (tertiary/aromatic N) is 2. The van der Waals surface area contributed by atoms with Crippen molar-refractivity contribution in [1.29, 1.82) is 0 Å². The number of amides is 1. The van der Waals surface area contributed by atoms with Gasteiger partial charge in [0.25, 0.3) is 0 Å². The Morgan fingerprint density at radius 1 is 1.38 bits per heavy atom. The van der Waals surface area contributed by atoms with Crippen molar-refractivity contribution in [2.45, 2.75) is 0 Å². The van der Waals surface area contributed by atoms with Gasteiger partial charge in [0.1, 0.15) is 0 Å². The fourth-order valence-electron chi connectivity index (χ4n) is 1.25. The van der Waals surface area contributed by atoms with E-state index in [4.69, 9.17) is 11.6 Å². The van der Waals surface area contributed by atoms with E-state index >= 15 is 0 Å². The molecule has 0 fully saturated rings. The number of nitrogens with one attached hydrogen (secondary N) is 2. The van der Waals surface area contributed by atoms with Crippen molar-refractivity contribution in [3.05, 3.63) is 30.1 Å². The van der Waals surface area contributed by atoms with Crippen LogP contribution in [0.25, 0.3) is 11.4 Å². The quantitative estimate of drug-likeness (QED) is 0.237. The zero-order valence-corrected chi connectivity index (χ0v) is 8.27. The van der Waals surface area contributed by atoms with Crippen LogP contribution >= 0.6 is 0 Å². The maximum absolute atomic E-state index is 11.1. The first-order chi connectivity index (χ1) is 7.72. The standard InChI is InChI=1S/C9H10N6O/c10-6-4-2-1-3-5(6)7-12-8(15-14-7)9(16)13-11/h1-4H,10-11H2,(H,13,16)(H,12,14,15). The van der Waals surface area contributed by atoms with Crippen molar-refractivity contribution < 1.29 is 4.79 Å². The van der Waals surface area contributed by atoms with Gasteiger partial charge in [-0.1, -0.05) is 12.1 Å². The minimum Gasteiger partial charge on any atom is -0.398 e. The molecule has 1 aromatic heterocycles. The summed E-state index contributed by atoms with van der Waals surface area (Å²) in [4.78, 5) is 15.1. The maximum Gasteiger partial charge on any atom is 0.302 e. The third-order valence-corrected chi connectivity index (χ3v) is 2.03. The average molecular weight is 218 g/mol. The van der Waals surface area contributed by atoms with E-state index in [0.717, 1.165) is 0 Å². The van der Waals surface area contributed by atoms with Gasteiger partial charge in [0, 0.05) is 11.3 Å². The van der Waals surface area contributed by atoms with E-state index in [-0.39, 0.29) is 5.82 Å². The van der Waals surface area contributed by atoms with E-state index in [1.807, 2.05) is 11.5 Å². The Kier molecular flexibility index (Phi) is 2.52. The van der Waals surface area contributed by atoms with E-state index in [1.54, 1.807) is 18.2 Å². The summed E-state index contributed by atoms with van der Waals surface area (Å²) in [7, 11) is 0. The number of hydrogen-bond acceptors (Lipinski definition) is 5. The van der Waals surface area contributed by atoms with Gasteiger partial charge in [0.05, 0.1) is 0 Å². The number of hydrazine groups is 1. The van der Waals surface area contributed by atoms with E-state index in [9.17, 15) is 4.79 Å². The Morgan fingerprint density at radius 3 is 2.81 bits per heavy atom. The number of carbonyl (C=O) groups is 1. The molecule has 1 heterocycles. The fourth-order valence-corrected chi connectivity index (χ4v) is 1.25. The third-order valence-electron chi connectivity index (χ3n) is 2.03. The molecule has 0 unspecified atom stereocenters. The number of hydrogen-bond donors (Lipinski definition) is 4. The molecule has 0 spiro atoms. The van der Waals surface area contributed by atoms with Crippen LogP contribution in [0.4, 0.5) is 5.69 Å². The number of aromatic nitrogens is 3. The normalized spacial score (nSPS) is 10.1. The van der Waals surface area contributed by atoms with Crippen LogP contribution in [0.3, 0.4) is 0 Å². The highest BCUT2D eigenvalue weighted by Crippen LogP contribution is 2.21. The van der Waals surface area contributed by atoms with E-state index in [2.05, 4.69) is 15.2 Å². The van der Waals surface area contributed by atoms with Crippen LogP contribution in [0.2, 0.25) is 0 Å². The lowest BCUT2D eigenvalue weighted by Gasteiger charge is -1.98. The molecule has 0 aliphatic heterocycles. The third kappa shape index (κ3) is 1.71. The molecule has 1 amide bonds. The molecule has 0 atom stereocenters. The van der Waals surface area contributed by atoms with Gasteiger partial charge in [-0.2, -0.15) is 5.10 Å². The molecule has 2 rings (SSSR count). The molecule has 0 bridgehead atoms. The highest BCUT2D eigenvalue weighted by Gasteiger charge is 2.12. The summed E-state index contributed by atoms with van der Waals surface area (Å²) in [6, 6.07) is 7.11. The van der Waals surface area contributed by atoms with Crippen LogP contribution in [0.5, 0.6) is 0 Å². The second kappa shape index (κ2) is 3.99. The van der Waals surface area contributed by atoms with Crippen molar-refractivity contribution in [1.82, 2.24) is 20.6 Å². The van der Waals surface area contributed by atoms with Crippen LogP contribution in [0.1, 0.15) is 10.6 Å². The van der Waals surface area contributed by atoms with Crippen LogP contribution in [0, 0.1) is 0 Å². The van der Waals surface area contributed by atoms with Crippen molar-refractivity contribution in [2.75, 3.05) is 5.73 Å². The molecule has 7 nitrogen and oxygen atoms in total. The zero-order chi connectivity index (χ0) is 11.5. The second-order valence-electron chi connectivity index (χ2n) is 3.07. The summed E-state index contributed by atoms with van der Waals surface area (Å²) in [5.41, 5.74) is 8.91. The SMILES string of the molecule is NNC(=O)c1nc(-c2ccccc2N)n[nH]1. The van der Waals surface area contributed by atoms with Crippen molar-refractivity contribution in [3.8, 4) is 11.4 Å². The molecule has 0 saturated carbocycles. The molecule has 16 heavy (non-hydrogen) atoms. The fraction of sp³-hybridized carbons (Fsp3) is 0. The molecule has 0 saturated heterocycles. The highest BCUT2D eigenvalue weighted by molar-refractivity contribution is 5.90. The number of carbonyl (C=O) groups excluding carboxylic acids is 1. The van der Waals surface area contributed by atoms with Gasteiger partial charge < -0.3 is 5.73 Å². The van der Waals surface area contributed by atoms with Gasteiger partial charge >= 0.3 is 5.91 Å². The number of nitrogen functional groups attached to an aromatic ring is 2. The Labute approximate surface area is 90.8 Å². The Bertz CT molecular complexity index is 520. The van der Waals surface area contributed by atoms with Crippen molar-refractivity contribution in [2.24, 2.45) is 5.84 Å². The predicted molar refractivity (Wildman–Crippen MR) is 57.9 cm³/mol. The number of benzene rings is 1. The summed E-state index contributed by atoms with van der Waals surface area (Å²) in [6.45, 7) is 0. The minimum atomic E-state index is -0.534. The van der Waals surface area contributed by atoms with Crippen molar-refractivity contribution >= 4 is 11.6 Å². The number of anilines is 1. The molecule has 0 aliphatic carbocycles. The average Bonchev–Trinajstić information content (AvgIpc) is 2.78. The number of H-pyrrole nitrogens is 1. The topological polar surface area (TPSA) is 123 Å². The highest BCUT2D eigenvalue weighted by atomic mass is 16.2. The molecule has 82 valence electrons. The monoisotopic (exact) mass is 218 g/mol. The summed E-state index contributed by atoms with van der Waals surface area (Å²) in [6.07, 6.45) is 0. The van der Waals surface area contributed by atoms with Gasteiger partial charge in [-0.15, -0.1) is 0 Å². The van der Waals surface area contributed by atoms with Crippen molar-refractivity contribution in [3.63, 3.8) is 0 Å². The van der Waals surface area contributed by atoms with Gasteiger partial charge in [0.2, 0.25) is 5.82 Å². The Balaban J connectivity index is 2.39. The van der Waals surface area contributed by atoms with Crippen LogP contribution in [-0.4, -0.2) is 21.1 Å². The first-order valence-corrected chi connectivity index (χ1v) is 4.50. The largest absolute Gasteiger partial charge is 0.398 e. The van der Waals surface area contributed by atoms with Gasteiger partial charge in [0.15, 0.2) is 5.82 Å². The van der Waals surface area contributed by atoms with Crippen LogP contribution in [0.15, 0.2) is 24.3 Å². The summed E-state index contributed by atoms with van der Waals surface area (Å²) >= 11 is 0. The Hall–Kier alpha value is -2.41. The first kappa shape index (κ1) is 10.1. The predicted octanol–water partition coefficient (Wildman–Crippen LogP) is -0.343. The molecular weight excluding hydrogens is 208 g/mol. The lowest BCUT2D eigenvalue weighted by atomic mass is 10.2. The minimum absolute atomic E-state index is 0.0424. The molecule has 0 aliphatic rings. The first-order valence-electron chi connectivity index (χ1n) is 4.50. The molecule has 6 N–H and O–H groups in total. The lowest BCUT2D eigenvalue weighted by Crippen LogP contribution is -2.30. The second-order valence-corrected chi connectivity index (χ2v) is 3.07. The van der Waals surface area contributed by atoms with Gasteiger partial charge in [-0.05, 0) is 12.1 Å². The number of aromatic amines is 1. The summed E-state index contributed by atoms with van der Waals surface area (Å²) < 4.78 is 0. The van der Waals surface area contributed by atoms with E-state index < -0.39 is 5.91 Å². The maximum atomic E-state index is 11.1. The van der Waals surface area contributed by atoms with Gasteiger partial charge in [-0.25, -0.2) is 10.8 Å².